The Morgan fingerprint density at radius 1 is 1.15 bits per heavy atom. The highest BCUT2D eigenvalue weighted by atomic mass is 35.5. The normalized spacial score (nSPS) is 17.9. The van der Waals surface area contributed by atoms with Gasteiger partial charge in [-0.2, -0.15) is 5.10 Å². The van der Waals surface area contributed by atoms with Gasteiger partial charge in [-0.1, -0.05) is 48.0 Å². The molecule has 1 saturated heterocycles. The lowest BCUT2D eigenvalue weighted by molar-refractivity contribution is 0.0749. The summed E-state index contributed by atoms with van der Waals surface area (Å²) >= 11 is 6.58. The molecule has 2 aliphatic rings. The molecule has 33 heavy (non-hydrogen) atoms. The van der Waals surface area contributed by atoms with Crippen molar-refractivity contribution in [1.82, 2.24) is 14.7 Å². The van der Waals surface area contributed by atoms with Crippen LogP contribution in [0.3, 0.4) is 0 Å². The van der Waals surface area contributed by atoms with Crippen LogP contribution in [0.4, 0.5) is 0 Å². The number of benzene rings is 2. The number of nitrogens with zero attached hydrogens (tertiary/aromatic N) is 3. The third-order valence-electron chi connectivity index (χ3n) is 6.63. The van der Waals surface area contributed by atoms with Gasteiger partial charge in [0, 0.05) is 24.9 Å². The van der Waals surface area contributed by atoms with E-state index < -0.39 is 0 Å². The number of halogens is 1. The Balaban J connectivity index is 1.40. The van der Waals surface area contributed by atoms with Crippen LogP contribution in [0.15, 0.2) is 66.5 Å². The van der Waals surface area contributed by atoms with E-state index in [9.17, 15) is 4.79 Å². The van der Waals surface area contributed by atoms with Gasteiger partial charge in [-0.05, 0) is 61.8 Å². The Bertz CT molecular complexity index is 1190. The van der Waals surface area contributed by atoms with Gasteiger partial charge in [-0.3, -0.25) is 9.48 Å². The summed E-state index contributed by atoms with van der Waals surface area (Å²) in [4.78, 5) is 15.6. The number of rotatable bonds is 5. The Labute approximate surface area is 199 Å². The molecule has 2 aromatic carbocycles. The molecular formula is C27H28ClN3O2. The zero-order chi connectivity index (χ0) is 22.8. The SMILES string of the molecule is Cn1ncc(C(=O)N2CCCC3CCCC=C32)c1-c1ccc(OCc2ccccc2)c(Cl)c1. The summed E-state index contributed by atoms with van der Waals surface area (Å²) in [6, 6.07) is 15.6. The Hall–Kier alpha value is -3.05. The molecule has 170 valence electrons. The number of hydrogen-bond donors (Lipinski definition) is 0. The van der Waals surface area contributed by atoms with E-state index in [4.69, 9.17) is 16.3 Å². The number of aromatic nitrogens is 2. The molecule has 1 amide bonds. The summed E-state index contributed by atoms with van der Waals surface area (Å²) < 4.78 is 7.67. The lowest BCUT2D eigenvalue weighted by Gasteiger charge is -2.38. The molecule has 6 heteroatoms. The maximum absolute atomic E-state index is 13.6. The maximum Gasteiger partial charge on any atom is 0.261 e. The van der Waals surface area contributed by atoms with E-state index >= 15 is 0 Å². The van der Waals surface area contributed by atoms with Crippen molar-refractivity contribution < 1.29 is 9.53 Å². The van der Waals surface area contributed by atoms with Crippen LogP contribution in [0.1, 0.15) is 48.0 Å². The van der Waals surface area contributed by atoms with Crippen molar-refractivity contribution in [2.24, 2.45) is 13.0 Å². The average molecular weight is 462 g/mol. The number of likely N-dealkylation sites (tertiary alicyclic amines) is 1. The molecule has 5 nitrogen and oxygen atoms in total. The standard InChI is InChI=1S/C27H28ClN3O2/c1-30-26(21-13-14-25(23(28)16-21)33-18-19-8-3-2-4-9-19)22(17-29-30)27(32)31-15-7-11-20-10-5-6-12-24(20)31/h2-4,8-9,12-14,16-17,20H,5-7,10-11,15,18H2,1H3. The van der Waals surface area contributed by atoms with E-state index in [-0.39, 0.29) is 5.91 Å². The number of allylic oxidation sites excluding steroid dienone is 2. The van der Waals surface area contributed by atoms with Gasteiger partial charge in [-0.15, -0.1) is 0 Å². The zero-order valence-electron chi connectivity index (χ0n) is 18.8. The predicted molar refractivity (Wildman–Crippen MR) is 130 cm³/mol. The molecule has 0 N–H and O–H groups in total. The molecule has 1 fully saturated rings. The summed E-state index contributed by atoms with van der Waals surface area (Å²) in [5, 5.41) is 4.93. The lowest BCUT2D eigenvalue weighted by atomic mass is 9.84. The van der Waals surface area contributed by atoms with Crippen molar-refractivity contribution in [2.75, 3.05) is 6.54 Å². The first-order valence-electron chi connectivity index (χ1n) is 11.6. The molecule has 2 heterocycles. The average Bonchev–Trinajstić information content (AvgIpc) is 3.24. The largest absolute Gasteiger partial charge is 0.487 e. The van der Waals surface area contributed by atoms with Crippen molar-refractivity contribution in [3.05, 3.63) is 82.7 Å². The van der Waals surface area contributed by atoms with E-state index in [0.717, 1.165) is 36.2 Å². The third kappa shape index (κ3) is 4.42. The fourth-order valence-corrected chi connectivity index (χ4v) is 5.21. The van der Waals surface area contributed by atoms with Crippen molar-refractivity contribution in [2.45, 2.75) is 38.7 Å². The van der Waals surface area contributed by atoms with E-state index in [1.807, 2.05) is 60.5 Å². The fraction of sp³-hybridized carbons (Fsp3) is 0.333. The lowest BCUT2D eigenvalue weighted by Crippen LogP contribution is -2.39. The highest BCUT2D eigenvalue weighted by Crippen LogP contribution is 2.37. The van der Waals surface area contributed by atoms with Crippen molar-refractivity contribution in [3.8, 4) is 17.0 Å². The molecule has 1 unspecified atom stereocenters. The summed E-state index contributed by atoms with van der Waals surface area (Å²) in [6.45, 7) is 1.21. The molecule has 1 aliphatic heterocycles. The van der Waals surface area contributed by atoms with Gasteiger partial charge in [0.25, 0.3) is 5.91 Å². The van der Waals surface area contributed by atoms with Crippen LogP contribution in [-0.2, 0) is 13.7 Å². The van der Waals surface area contributed by atoms with Crippen LogP contribution >= 0.6 is 11.6 Å². The van der Waals surface area contributed by atoms with Crippen LogP contribution in [0.5, 0.6) is 5.75 Å². The Kier molecular flexibility index (Phi) is 6.23. The topological polar surface area (TPSA) is 47.4 Å². The fourth-order valence-electron chi connectivity index (χ4n) is 4.98. The second kappa shape index (κ2) is 9.44. The van der Waals surface area contributed by atoms with Gasteiger partial charge >= 0.3 is 0 Å². The van der Waals surface area contributed by atoms with E-state index in [0.29, 0.717) is 28.9 Å². The molecule has 1 aliphatic carbocycles. The van der Waals surface area contributed by atoms with Gasteiger partial charge in [0.15, 0.2) is 0 Å². The van der Waals surface area contributed by atoms with Gasteiger partial charge in [0.2, 0.25) is 0 Å². The first-order chi connectivity index (χ1) is 16.1. The van der Waals surface area contributed by atoms with Gasteiger partial charge in [0.1, 0.15) is 12.4 Å². The molecule has 1 atom stereocenters. The smallest absolute Gasteiger partial charge is 0.261 e. The monoisotopic (exact) mass is 461 g/mol. The molecule has 0 radical (unpaired) electrons. The highest BCUT2D eigenvalue weighted by molar-refractivity contribution is 6.32. The van der Waals surface area contributed by atoms with E-state index in [2.05, 4.69) is 11.2 Å². The maximum atomic E-state index is 13.6. The van der Waals surface area contributed by atoms with Crippen LogP contribution in [0, 0.1) is 5.92 Å². The second-order valence-electron chi connectivity index (χ2n) is 8.81. The van der Waals surface area contributed by atoms with Gasteiger partial charge in [0.05, 0.1) is 22.5 Å². The van der Waals surface area contributed by atoms with Crippen LogP contribution in [0.2, 0.25) is 5.02 Å². The summed E-state index contributed by atoms with van der Waals surface area (Å²) in [7, 11) is 1.86. The number of carbonyl (C=O) groups excluding carboxylic acids is 1. The van der Waals surface area contributed by atoms with Gasteiger partial charge < -0.3 is 9.64 Å². The molecule has 0 bridgehead atoms. The molecule has 5 rings (SSSR count). The van der Waals surface area contributed by atoms with Gasteiger partial charge in [-0.25, -0.2) is 0 Å². The molecule has 0 saturated carbocycles. The second-order valence-corrected chi connectivity index (χ2v) is 9.21. The predicted octanol–water partition coefficient (Wildman–Crippen LogP) is 6.24. The Morgan fingerprint density at radius 2 is 1.97 bits per heavy atom. The van der Waals surface area contributed by atoms with E-state index in [1.54, 1.807) is 10.9 Å². The molecule has 3 aromatic rings. The number of carbonyl (C=O) groups is 1. The van der Waals surface area contributed by atoms with Crippen LogP contribution in [-0.4, -0.2) is 27.1 Å². The highest BCUT2D eigenvalue weighted by Gasteiger charge is 2.32. The number of hydrogen-bond acceptors (Lipinski definition) is 3. The molecule has 0 spiro atoms. The molecule has 1 aromatic heterocycles. The minimum atomic E-state index is 0.0245. The first-order valence-corrected chi connectivity index (χ1v) is 12.0. The third-order valence-corrected chi connectivity index (χ3v) is 6.93. The number of piperidine rings is 1. The summed E-state index contributed by atoms with van der Waals surface area (Å²) in [5.41, 5.74) is 4.51. The number of ether oxygens (including phenoxy) is 1. The number of aryl methyl sites for hydroxylation is 1. The summed E-state index contributed by atoms with van der Waals surface area (Å²) in [6.07, 6.45) is 9.60. The number of amides is 1. The first kappa shape index (κ1) is 21.8. The van der Waals surface area contributed by atoms with Crippen LogP contribution in [0.25, 0.3) is 11.3 Å². The Morgan fingerprint density at radius 3 is 2.79 bits per heavy atom. The zero-order valence-corrected chi connectivity index (χ0v) is 19.6. The van der Waals surface area contributed by atoms with Crippen molar-refractivity contribution in [1.29, 1.82) is 0 Å². The minimum Gasteiger partial charge on any atom is -0.487 e. The van der Waals surface area contributed by atoms with Crippen molar-refractivity contribution in [3.63, 3.8) is 0 Å². The van der Waals surface area contributed by atoms with E-state index in [1.165, 1.54) is 25.0 Å². The minimum absolute atomic E-state index is 0.0245. The van der Waals surface area contributed by atoms with Crippen molar-refractivity contribution >= 4 is 17.5 Å². The number of fused-ring (bicyclic) bond motifs is 1. The van der Waals surface area contributed by atoms with Crippen LogP contribution < -0.4 is 4.74 Å². The molecular weight excluding hydrogens is 434 g/mol. The quantitative estimate of drug-likeness (QED) is 0.451. The summed E-state index contributed by atoms with van der Waals surface area (Å²) in [5.74, 6) is 1.15.